The van der Waals surface area contributed by atoms with Gasteiger partial charge in [0.15, 0.2) is 5.78 Å². The van der Waals surface area contributed by atoms with Crippen LogP contribution in [0.2, 0.25) is 0 Å². The number of ketones is 1. The van der Waals surface area contributed by atoms with Crippen molar-refractivity contribution in [3.63, 3.8) is 0 Å². The molecule has 0 saturated heterocycles. The number of carbonyl (C=O) groups is 1. The van der Waals surface area contributed by atoms with Crippen LogP contribution in [0.25, 0.3) is 0 Å². The van der Waals surface area contributed by atoms with Gasteiger partial charge in [0.05, 0.1) is 5.75 Å². The monoisotopic (exact) mass is 254 g/mol. The third-order valence-corrected chi connectivity index (χ3v) is 3.63. The van der Waals surface area contributed by atoms with Gasteiger partial charge < -0.3 is 0 Å². The molecular weight excluding hydrogens is 236 g/mol. The van der Waals surface area contributed by atoms with Crippen LogP contribution >= 0.6 is 0 Å². The van der Waals surface area contributed by atoms with Gasteiger partial charge in [-0.05, 0) is 18.4 Å². The molecule has 0 N–H and O–H groups in total. The number of hydrogen-bond donors (Lipinski definition) is 0. The fraction of sp³-hybridized carbons (Fsp3) is 0.462. The molecule has 0 bridgehead atoms. The van der Waals surface area contributed by atoms with E-state index in [0.29, 0.717) is 18.4 Å². The highest BCUT2D eigenvalue weighted by Gasteiger charge is 2.08. The summed E-state index contributed by atoms with van der Waals surface area (Å²) in [6.07, 6.45) is 2.82. The summed E-state index contributed by atoms with van der Waals surface area (Å²) in [5, 5.41) is 0. The molecule has 0 aromatic heterocycles. The normalized spacial score (nSPS) is 11.4. The van der Waals surface area contributed by atoms with Crippen LogP contribution in [-0.4, -0.2) is 26.2 Å². The van der Waals surface area contributed by atoms with Gasteiger partial charge in [-0.15, -0.1) is 0 Å². The molecule has 94 valence electrons. The first kappa shape index (κ1) is 13.9. The van der Waals surface area contributed by atoms with E-state index in [-0.39, 0.29) is 11.5 Å². The predicted molar refractivity (Wildman–Crippen MR) is 69.1 cm³/mol. The highest BCUT2D eigenvalue weighted by molar-refractivity contribution is 7.90. The third-order valence-electron chi connectivity index (χ3n) is 2.60. The van der Waals surface area contributed by atoms with Gasteiger partial charge in [0.25, 0.3) is 0 Å². The molecule has 0 aliphatic heterocycles. The second-order valence-electron chi connectivity index (χ2n) is 4.21. The number of aryl methyl sites for hydroxylation is 1. The molecule has 0 aliphatic rings. The molecule has 1 aromatic rings. The highest BCUT2D eigenvalue weighted by Crippen LogP contribution is 2.09. The average Bonchev–Trinajstić information content (AvgIpc) is 2.27. The van der Waals surface area contributed by atoms with Crippen LogP contribution in [0.1, 0.15) is 35.7 Å². The van der Waals surface area contributed by atoms with Crippen LogP contribution in [0.5, 0.6) is 0 Å². The van der Waals surface area contributed by atoms with Crippen molar-refractivity contribution in [1.82, 2.24) is 0 Å². The number of Topliss-reactive ketones (excluding diaryl/α,β-unsaturated/α-hetero) is 1. The standard InChI is InChI=1S/C13H18O3S/c1-3-11-6-8-12(9-7-11)13(14)5-4-10-17(2,15)16/h6-9H,3-5,10H2,1-2H3. The minimum atomic E-state index is -2.96. The number of sulfone groups is 1. The molecule has 0 atom stereocenters. The molecule has 0 spiro atoms. The Balaban J connectivity index is 2.52. The van der Waals surface area contributed by atoms with Crippen molar-refractivity contribution in [3.05, 3.63) is 35.4 Å². The average molecular weight is 254 g/mol. The van der Waals surface area contributed by atoms with Gasteiger partial charge in [-0.3, -0.25) is 4.79 Å². The van der Waals surface area contributed by atoms with Crippen LogP contribution in [0.3, 0.4) is 0 Å². The van der Waals surface area contributed by atoms with Gasteiger partial charge in [-0.2, -0.15) is 0 Å². The Bertz CT molecular complexity index is 472. The maximum Gasteiger partial charge on any atom is 0.162 e. The van der Waals surface area contributed by atoms with Crippen LogP contribution in [0, 0.1) is 0 Å². The first-order chi connectivity index (χ1) is 7.92. The zero-order chi connectivity index (χ0) is 12.9. The van der Waals surface area contributed by atoms with Crippen molar-refractivity contribution in [2.24, 2.45) is 0 Å². The molecule has 0 fully saturated rings. The Labute approximate surface area is 103 Å². The summed E-state index contributed by atoms with van der Waals surface area (Å²) in [6, 6.07) is 7.48. The molecule has 17 heavy (non-hydrogen) atoms. The van der Waals surface area contributed by atoms with E-state index in [9.17, 15) is 13.2 Å². The SMILES string of the molecule is CCc1ccc(C(=O)CCCS(C)(=O)=O)cc1. The zero-order valence-electron chi connectivity index (χ0n) is 10.3. The Morgan fingerprint density at radius 2 is 1.76 bits per heavy atom. The summed E-state index contributed by atoms with van der Waals surface area (Å²) in [6.45, 7) is 2.06. The number of hydrogen-bond acceptors (Lipinski definition) is 3. The molecule has 0 aliphatic carbocycles. The van der Waals surface area contributed by atoms with E-state index in [0.717, 1.165) is 6.42 Å². The van der Waals surface area contributed by atoms with Crippen LogP contribution in [0.15, 0.2) is 24.3 Å². The van der Waals surface area contributed by atoms with E-state index in [2.05, 4.69) is 6.92 Å². The van der Waals surface area contributed by atoms with Gasteiger partial charge in [-0.1, -0.05) is 31.2 Å². The van der Waals surface area contributed by atoms with Crippen molar-refractivity contribution in [1.29, 1.82) is 0 Å². The molecule has 4 heteroatoms. The van der Waals surface area contributed by atoms with E-state index in [1.807, 2.05) is 24.3 Å². The van der Waals surface area contributed by atoms with E-state index in [1.165, 1.54) is 11.8 Å². The lowest BCUT2D eigenvalue weighted by atomic mass is 10.0. The fourth-order valence-corrected chi connectivity index (χ4v) is 2.23. The van der Waals surface area contributed by atoms with Crippen LogP contribution < -0.4 is 0 Å². The smallest absolute Gasteiger partial charge is 0.162 e. The largest absolute Gasteiger partial charge is 0.294 e. The van der Waals surface area contributed by atoms with E-state index < -0.39 is 9.84 Å². The summed E-state index contributed by atoms with van der Waals surface area (Å²) in [5.41, 5.74) is 1.85. The van der Waals surface area contributed by atoms with Crippen molar-refractivity contribution in [2.45, 2.75) is 26.2 Å². The van der Waals surface area contributed by atoms with E-state index in [1.54, 1.807) is 0 Å². The van der Waals surface area contributed by atoms with Crippen molar-refractivity contribution in [3.8, 4) is 0 Å². The summed E-state index contributed by atoms with van der Waals surface area (Å²) in [7, 11) is -2.96. The first-order valence-electron chi connectivity index (χ1n) is 5.72. The van der Waals surface area contributed by atoms with E-state index >= 15 is 0 Å². The minimum Gasteiger partial charge on any atom is -0.294 e. The van der Waals surface area contributed by atoms with Gasteiger partial charge in [-0.25, -0.2) is 8.42 Å². The highest BCUT2D eigenvalue weighted by atomic mass is 32.2. The molecule has 0 radical (unpaired) electrons. The van der Waals surface area contributed by atoms with Gasteiger partial charge in [0.1, 0.15) is 9.84 Å². The Kier molecular flexibility index (Phi) is 4.87. The predicted octanol–water partition coefficient (Wildman–Crippen LogP) is 2.26. The molecule has 1 aromatic carbocycles. The Morgan fingerprint density at radius 1 is 1.18 bits per heavy atom. The molecule has 0 saturated carbocycles. The lowest BCUT2D eigenvalue weighted by molar-refractivity contribution is 0.0982. The molecule has 0 amide bonds. The van der Waals surface area contributed by atoms with Crippen molar-refractivity contribution in [2.75, 3.05) is 12.0 Å². The summed E-state index contributed by atoms with van der Waals surface area (Å²) < 4.78 is 21.8. The number of benzene rings is 1. The van der Waals surface area contributed by atoms with Crippen molar-refractivity contribution >= 4 is 15.6 Å². The first-order valence-corrected chi connectivity index (χ1v) is 7.78. The molecule has 0 heterocycles. The third kappa shape index (κ3) is 5.13. The minimum absolute atomic E-state index is 0.0105. The molecule has 1 rings (SSSR count). The maximum absolute atomic E-state index is 11.7. The fourth-order valence-electron chi connectivity index (χ4n) is 1.57. The van der Waals surface area contributed by atoms with Crippen molar-refractivity contribution < 1.29 is 13.2 Å². The summed E-state index contributed by atoms with van der Waals surface area (Å²) >= 11 is 0. The second kappa shape index (κ2) is 5.96. The van der Waals surface area contributed by atoms with Crippen LogP contribution in [-0.2, 0) is 16.3 Å². The number of carbonyl (C=O) groups excluding carboxylic acids is 1. The quantitative estimate of drug-likeness (QED) is 0.732. The summed E-state index contributed by atoms with van der Waals surface area (Å²) in [4.78, 5) is 11.7. The molecule has 3 nitrogen and oxygen atoms in total. The lowest BCUT2D eigenvalue weighted by Crippen LogP contribution is -2.06. The van der Waals surface area contributed by atoms with Gasteiger partial charge in [0, 0.05) is 18.2 Å². The van der Waals surface area contributed by atoms with Gasteiger partial charge in [0.2, 0.25) is 0 Å². The lowest BCUT2D eigenvalue weighted by Gasteiger charge is -2.02. The zero-order valence-corrected chi connectivity index (χ0v) is 11.1. The second-order valence-corrected chi connectivity index (χ2v) is 6.47. The molecular formula is C13H18O3S. The maximum atomic E-state index is 11.7. The summed E-state index contributed by atoms with van der Waals surface area (Å²) in [5.74, 6) is 0.0856. The van der Waals surface area contributed by atoms with Gasteiger partial charge >= 0.3 is 0 Å². The number of rotatable bonds is 6. The van der Waals surface area contributed by atoms with Crippen LogP contribution in [0.4, 0.5) is 0 Å². The van der Waals surface area contributed by atoms with E-state index in [4.69, 9.17) is 0 Å². The Hall–Kier alpha value is -1.16. The Morgan fingerprint density at radius 3 is 2.24 bits per heavy atom. The topological polar surface area (TPSA) is 51.2 Å². The molecule has 0 unspecified atom stereocenters.